The number of nitrogens with zero attached hydrogens (tertiary/aromatic N) is 1. The fraction of sp³-hybridized carbons (Fsp3) is 0.636. The Morgan fingerprint density at radius 2 is 2.06 bits per heavy atom. The van der Waals surface area contributed by atoms with Gasteiger partial charge in [0.05, 0.1) is 0 Å². The number of aliphatic hydroxyl groups is 1. The first-order valence-electron chi connectivity index (χ1n) is 5.45. The molecule has 0 heterocycles. The second-order valence-electron chi connectivity index (χ2n) is 3.82. The van der Waals surface area contributed by atoms with E-state index in [9.17, 15) is 9.59 Å². The highest BCUT2D eigenvalue weighted by Crippen LogP contribution is 1.99. The van der Waals surface area contributed by atoms with E-state index in [0.29, 0.717) is 13.1 Å². The van der Waals surface area contributed by atoms with Crippen LogP contribution in [0.4, 0.5) is 4.79 Å². The normalized spacial score (nSPS) is 11.7. The van der Waals surface area contributed by atoms with Crippen LogP contribution in [-0.2, 0) is 4.79 Å². The molecule has 0 aromatic carbocycles. The van der Waals surface area contributed by atoms with Crippen LogP contribution in [0.1, 0.15) is 20.3 Å². The summed E-state index contributed by atoms with van der Waals surface area (Å²) in [7, 11) is 0. The van der Waals surface area contributed by atoms with E-state index in [-0.39, 0.29) is 13.0 Å². The SMILES string of the molecule is C=C(C)CN(CC)C(=O)N[C@H](CCO)C(=O)O. The van der Waals surface area contributed by atoms with Gasteiger partial charge < -0.3 is 20.4 Å². The van der Waals surface area contributed by atoms with Crippen LogP contribution in [-0.4, -0.2) is 52.9 Å². The molecular formula is C11H20N2O4. The Labute approximate surface area is 101 Å². The Bertz CT molecular complexity index is 291. The van der Waals surface area contributed by atoms with Crippen molar-refractivity contribution < 1.29 is 19.8 Å². The van der Waals surface area contributed by atoms with Crippen LogP contribution in [0, 0.1) is 0 Å². The summed E-state index contributed by atoms with van der Waals surface area (Å²) in [6.07, 6.45) is -0.00824. The fourth-order valence-electron chi connectivity index (χ4n) is 1.28. The first kappa shape index (κ1) is 15.4. The van der Waals surface area contributed by atoms with Gasteiger partial charge in [-0.3, -0.25) is 0 Å². The van der Waals surface area contributed by atoms with Crippen LogP contribution in [0.3, 0.4) is 0 Å². The summed E-state index contributed by atoms with van der Waals surface area (Å²) in [6.45, 7) is 7.84. The highest BCUT2D eigenvalue weighted by atomic mass is 16.4. The number of hydrogen-bond acceptors (Lipinski definition) is 3. The average molecular weight is 244 g/mol. The molecule has 17 heavy (non-hydrogen) atoms. The number of rotatable bonds is 7. The summed E-state index contributed by atoms with van der Waals surface area (Å²) in [4.78, 5) is 24.0. The highest BCUT2D eigenvalue weighted by molar-refractivity contribution is 5.82. The van der Waals surface area contributed by atoms with Crippen molar-refractivity contribution in [3.63, 3.8) is 0 Å². The first-order chi connectivity index (χ1) is 7.92. The van der Waals surface area contributed by atoms with Gasteiger partial charge in [-0.1, -0.05) is 12.2 Å². The van der Waals surface area contributed by atoms with Crippen molar-refractivity contribution in [3.8, 4) is 0 Å². The minimum absolute atomic E-state index is 0.00824. The molecule has 98 valence electrons. The zero-order chi connectivity index (χ0) is 13.4. The number of likely N-dealkylation sites (N-methyl/N-ethyl adjacent to an activating group) is 1. The van der Waals surface area contributed by atoms with E-state index in [1.807, 2.05) is 0 Å². The third-order valence-corrected chi connectivity index (χ3v) is 2.14. The zero-order valence-corrected chi connectivity index (χ0v) is 10.3. The van der Waals surface area contributed by atoms with Crippen LogP contribution in [0.15, 0.2) is 12.2 Å². The molecule has 0 aliphatic carbocycles. The number of carbonyl (C=O) groups is 2. The molecule has 0 spiro atoms. The molecule has 0 bridgehead atoms. The summed E-state index contributed by atoms with van der Waals surface area (Å²) >= 11 is 0. The van der Waals surface area contributed by atoms with Crippen LogP contribution >= 0.6 is 0 Å². The van der Waals surface area contributed by atoms with Crippen molar-refractivity contribution in [2.45, 2.75) is 26.3 Å². The number of carboxylic acid groups (broad SMARTS) is 1. The van der Waals surface area contributed by atoms with Gasteiger partial charge in [-0.15, -0.1) is 0 Å². The molecule has 0 fully saturated rings. The van der Waals surface area contributed by atoms with E-state index in [1.54, 1.807) is 13.8 Å². The van der Waals surface area contributed by atoms with Crippen molar-refractivity contribution >= 4 is 12.0 Å². The molecule has 6 nitrogen and oxygen atoms in total. The van der Waals surface area contributed by atoms with Crippen LogP contribution in [0.2, 0.25) is 0 Å². The first-order valence-corrected chi connectivity index (χ1v) is 5.45. The predicted molar refractivity (Wildman–Crippen MR) is 63.7 cm³/mol. The smallest absolute Gasteiger partial charge is 0.326 e. The molecule has 0 saturated carbocycles. The number of carboxylic acids is 1. The van der Waals surface area contributed by atoms with Gasteiger partial charge in [-0.25, -0.2) is 9.59 Å². The third kappa shape index (κ3) is 5.91. The fourth-order valence-corrected chi connectivity index (χ4v) is 1.28. The maximum absolute atomic E-state index is 11.7. The maximum Gasteiger partial charge on any atom is 0.326 e. The van der Waals surface area contributed by atoms with Gasteiger partial charge in [0.1, 0.15) is 6.04 Å². The molecule has 2 amide bonds. The lowest BCUT2D eigenvalue weighted by Crippen LogP contribution is -2.48. The Kier molecular flexibility index (Phi) is 6.97. The molecule has 1 atom stereocenters. The molecular weight excluding hydrogens is 224 g/mol. The monoisotopic (exact) mass is 244 g/mol. The molecule has 0 aromatic heterocycles. The molecule has 3 N–H and O–H groups in total. The molecule has 0 saturated heterocycles. The number of urea groups is 1. The average Bonchev–Trinajstić information content (AvgIpc) is 2.24. The van der Waals surface area contributed by atoms with Gasteiger partial charge >= 0.3 is 12.0 Å². The molecule has 0 rings (SSSR count). The number of carbonyl (C=O) groups excluding carboxylic acids is 1. The number of aliphatic carboxylic acids is 1. The van der Waals surface area contributed by atoms with Crippen molar-refractivity contribution in [1.82, 2.24) is 10.2 Å². The van der Waals surface area contributed by atoms with Gasteiger partial charge in [0.25, 0.3) is 0 Å². The van der Waals surface area contributed by atoms with E-state index in [4.69, 9.17) is 10.2 Å². The molecule has 0 unspecified atom stereocenters. The summed E-state index contributed by atoms with van der Waals surface area (Å²) in [5.41, 5.74) is 0.816. The summed E-state index contributed by atoms with van der Waals surface area (Å²) in [5, 5.41) is 19.9. The molecule has 6 heteroatoms. The lowest BCUT2D eigenvalue weighted by atomic mass is 10.2. The van der Waals surface area contributed by atoms with Crippen LogP contribution < -0.4 is 5.32 Å². The van der Waals surface area contributed by atoms with Crippen molar-refractivity contribution in [2.24, 2.45) is 0 Å². The largest absolute Gasteiger partial charge is 0.480 e. The number of nitrogens with one attached hydrogen (secondary N) is 1. The lowest BCUT2D eigenvalue weighted by molar-refractivity contribution is -0.139. The second-order valence-corrected chi connectivity index (χ2v) is 3.82. The standard InChI is InChI=1S/C11H20N2O4/c1-4-13(7-8(2)3)11(17)12-9(5-6-14)10(15)16/h9,14H,2,4-7H2,1,3H3,(H,12,17)(H,15,16)/t9-/m1/s1. The van der Waals surface area contributed by atoms with E-state index < -0.39 is 18.0 Å². The minimum atomic E-state index is -1.15. The summed E-state index contributed by atoms with van der Waals surface area (Å²) < 4.78 is 0. The Hall–Kier alpha value is -1.56. The van der Waals surface area contributed by atoms with Gasteiger partial charge in [0, 0.05) is 26.1 Å². The highest BCUT2D eigenvalue weighted by Gasteiger charge is 2.21. The topological polar surface area (TPSA) is 89.9 Å². The molecule has 0 aromatic rings. The number of aliphatic hydroxyl groups excluding tert-OH is 1. The number of amides is 2. The summed E-state index contributed by atoms with van der Waals surface area (Å²) in [5.74, 6) is -1.15. The van der Waals surface area contributed by atoms with E-state index >= 15 is 0 Å². The molecule has 0 radical (unpaired) electrons. The number of hydrogen-bond donors (Lipinski definition) is 3. The van der Waals surface area contributed by atoms with Gasteiger partial charge in [0.2, 0.25) is 0 Å². The second kappa shape index (κ2) is 7.67. The van der Waals surface area contributed by atoms with Gasteiger partial charge in [0.15, 0.2) is 0 Å². The Balaban J connectivity index is 4.45. The van der Waals surface area contributed by atoms with Crippen molar-refractivity contribution in [1.29, 1.82) is 0 Å². The Morgan fingerprint density at radius 3 is 2.41 bits per heavy atom. The predicted octanol–water partition coefficient (Wildman–Crippen LogP) is 0.430. The summed E-state index contributed by atoms with van der Waals surface area (Å²) in [6, 6.07) is -1.52. The van der Waals surface area contributed by atoms with Crippen molar-refractivity contribution in [3.05, 3.63) is 12.2 Å². The Morgan fingerprint density at radius 1 is 1.47 bits per heavy atom. The van der Waals surface area contributed by atoms with Crippen LogP contribution in [0.25, 0.3) is 0 Å². The minimum Gasteiger partial charge on any atom is -0.480 e. The maximum atomic E-state index is 11.7. The van der Waals surface area contributed by atoms with Gasteiger partial charge in [-0.2, -0.15) is 0 Å². The van der Waals surface area contributed by atoms with E-state index in [2.05, 4.69) is 11.9 Å². The van der Waals surface area contributed by atoms with Crippen LogP contribution in [0.5, 0.6) is 0 Å². The van der Waals surface area contributed by atoms with Crippen molar-refractivity contribution in [2.75, 3.05) is 19.7 Å². The quantitative estimate of drug-likeness (QED) is 0.566. The lowest BCUT2D eigenvalue weighted by Gasteiger charge is -2.23. The van der Waals surface area contributed by atoms with E-state index in [1.165, 1.54) is 4.90 Å². The zero-order valence-electron chi connectivity index (χ0n) is 10.3. The molecule has 0 aliphatic heterocycles. The third-order valence-electron chi connectivity index (χ3n) is 2.14. The molecule has 0 aliphatic rings. The van der Waals surface area contributed by atoms with E-state index in [0.717, 1.165) is 5.57 Å². The van der Waals surface area contributed by atoms with Gasteiger partial charge in [-0.05, 0) is 13.8 Å².